The van der Waals surface area contributed by atoms with Crippen LogP contribution in [0.1, 0.15) is 81.1 Å². The molecular formula is C38H56Cl2N8O12S2. The first-order valence-corrected chi connectivity index (χ1v) is 23.2. The second kappa shape index (κ2) is 22.2. The minimum atomic E-state index is -0.876. The second-order valence-electron chi connectivity index (χ2n) is 15.4. The number of hydrogen-bond acceptors (Lipinski definition) is 21. The molecule has 2 saturated carbocycles. The van der Waals surface area contributed by atoms with Crippen LogP contribution in [0.3, 0.4) is 0 Å². The number of hydrogen-bond donors (Lipinski definition) is 3. The molecule has 24 heteroatoms. The van der Waals surface area contributed by atoms with Crippen LogP contribution >= 0.6 is 46.7 Å². The lowest BCUT2D eigenvalue weighted by Gasteiger charge is -2.24. The summed E-state index contributed by atoms with van der Waals surface area (Å²) in [7, 11) is 0. The highest BCUT2D eigenvalue weighted by Crippen LogP contribution is 2.44. The van der Waals surface area contributed by atoms with E-state index in [0.29, 0.717) is 35.6 Å². The Bertz CT molecular complexity index is 1890. The van der Waals surface area contributed by atoms with Gasteiger partial charge >= 0.3 is 17.6 Å². The van der Waals surface area contributed by atoms with Crippen molar-refractivity contribution < 1.29 is 52.4 Å². The van der Waals surface area contributed by atoms with Gasteiger partial charge in [-0.15, -0.1) is 0 Å². The van der Waals surface area contributed by atoms with E-state index in [-0.39, 0.29) is 66.0 Å². The number of carbonyl (C=O) groups is 2. The summed E-state index contributed by atoms with van der Waals surface area (Å²) in [6.07, 6.45) is 0.401. The number of anilines is 3. The highest BCUT2D eigenvalue weighted by molar-refractivity contribution is 7.99. The van der Waals surface area contributed by atoms with E-state index in [4.69, 9.17) is 66.8 Å². The Balaban J connectivity index is 0.000000235. The van der Waals surface area contributed by atoms with Gasteiger partial charge in [0.05, 0.1) is 42.4 Å². The van der Waals surface area contributed by atoms with Gasteiger partial charge in [-0.25, -0.2) is 24.5 Å². The second-order valence-corrected chi connectivity index (χ2v) is 18.3. The lowest BCUT2D eigenvalue weighted by Crippen LogP contribution is -2.35. The number of carbonyl (C=O) groups excluding carboxylic acids is 2. The number of aromatic nitrogens is 4. The Morgan fingerprint density at radius 2 is 1.16 bits per heavy atom. The normalized spacial score (nSPS) is 26.5. The fourth-order valence-corrected chi connectivity index (χ4v) is 9.21. The van der Waals surface area contributed by atoms with Crippen LogP contribution in [0.4, 0.5) is 23.0 Å². The molecule has 4 aliphatic rings. The van der Waals surface area contributed by atoms with Crippen LogP contribution < -0.4 is 16.4 Å². The zero-order chi connectivity index (χ0) is 45.4. The van der Waals surface area contributed by atoms with Crippen LogP contribution in [-0.4, -0.2) is 135 Å². The van der Waals surface area contributed by atoms with Crippen LogP contribution in [0.5, 0.6) is 0 Å². The van der Waals surface area contributed by atoms with Gasteiger partial charge in [0.2, 0.25) is 11.0 Å². The van der Waals surface area contributed by atoms with Crippen LogP contribution in [-0.2, 0) is 47.5 Å². The maximum Gasteiger partial charge on any atom is 0.348 e. The molecule has 6 rings (SSSR count). The number of nitro groups is 1. The number of nitrogens with zero attached hydrogens (tertiary/aromatic N) is 5. The fraction of sp³-hybridized carbons (Fsp3) is 0.737. The van der Waals surface area contributed by atoms with Crippen molar-refractivity contribution in [2.24, 2.45) is 0 Å². The first kappa shape index (κ1) is 49.9. The zero-order valence-electron chi connectivity index (χ0n) is 36.0. The van der Waals surface area contributed by atoms with Gasteiger partial charge < -0.3 is 54.3 Å². The van der Waals surface area contributed by atoms with E-state index in [2.05, 4.69) is 37.5 Å². The van der Waals surface area contributed by atoms with E-state index in [0.717, 1.165) is 24.3 Å². The number of ether oxygens (including phenoxy) is 8. The Hall–Kier alpha value is -3.06. The number of nitrogens with two attached hydrogens (primary N) is 1. The standard InChI is InChI=1S/C19H27ClN4O7S.C19H29ClN4O5S/c1-5-7-32-18-22-16(20)13(24(26)27)17(23-18)21-10-8-11(29-9-12(25)28-6-2)15-14(10)30-19(3,4)31-15;1-5-7-30-18-23-16(20)13(21)17(24-18)22-10-8-11(27-9-12(25)26-6-2)15-14(10)28-19(3,4)29-15/h10-11,14-15H,5-9H2,1-4H3,(H,21,22,23);10-11,14-15H,5-9,21H2,1-4H3,(H,22,23,24)/t2*10?,11-,14-,15+/m00/s1. The average molecular weight is 952 g/mol. The van der Waals surface area contributed by atoms with Crippen molar-refractivity contribution >= 4 is 81.7 Å². The van der Waals surface area contributed by atoms with Crippen LogP contribution in [0.2, 0.25) is 10.3 Å². The molecule has 2 aliphatic heterocycles. The van der Waals surface area contributed by atoms with Crippen molar-refractivity contribution in [2.45, 2.75) is 152 Å². The fourth-order valence-electron chi connectivity index (χ4n) is 7.30. The summed E-state index contributed by atoms with van der Waals surface area (Å²) in [6, 6.07) is -0.621. The summed E-state index contributed by atoms with van der Waals surface area (Å²) in [5, 5.41) is 19.0. The molecule has 0 spiro atoms. The maximum absolute atomic E-state index is 11.7. The van der Waals surface area contributed by atoms with E-state index in [1.807, 2.05) is 20.8 Å². The van der Waals surface area contributed by atoms with Crippen molar-refractivity contribution in [3.8, 4) is 0 Å². The minimum Gasteiger partial charge on any atom is -0.464 e. The molecular weight excluding hydrogens is 896 g/mol. The Kier molecular flexibility index (Phi) is 17.9. The van der Waals surface area contributed by atoms with E-state index >= 15 is 0 Å². The minimum absolute atomic E-state index is 0.0108. The smallest absolute Gasteiger partial charge is 0.348 e. The van der Waals surface area contributed by atoms with Gasteiger partial charge in [-0.1, -0.05) is 60.6 Å². The Labute approximate surface area is 378 Å². The Morgan fingerprint density at radius 1 is 0.742 bits per heavy atom. The van der Waals surface area contributed by atoms with Crippen molar-refractivity contribution in [3.63, 3.8) is 0 Å². The summed E-state index contributed by atoms with van der Waals surface area (Å²) in [5.74, 6) is -0.438. The van der Waals surface area contributed by atoms with Gasteiger partial charge in [0.25, 0.3) is 0 Å². The predicted molar refractivity (Wildman–Crippen MR) is 232 cm³/mol. The maximum atomic E-state index is 11.7. The quantitative estimate of drug-likeness (QED) is 0.0361. The summed E-state index contributed by atoms with van der Waals surface area (Å²) < 4.78 is 45.6. The first-order valence-electron chi connectivity index (χ1n) is 20.5. The van der Waals surface area contributed by atoms with Crippen molar-refractivity contribution in [2.75, 3.05) is 54.3 Å². The SMILES string of the molecule is CCCSc1nc(Cl)c(N)c(NC2C[C@H](OCC(=O)OCC)[C@H]3OC(C)(C)O[C@@H]23)n1.CCCSc1nc(Cl)c([N+](=O)[O-])c(NC2C[C@H](OCC(=O)OCC)[C@H]3OC(C)(C)O[C@@H]23)n1. The van der Waals surface area contributed by atoms with Gasteiger partial charge in [0.15, 0.2) is 32.9 Å². The van der Waals surface area contributed by atoms with Crippen LogP contribution in [0, 0.1) is 10.1 Å². The molecule has 2 saturated heterocycles. The Morgan fingerprint density at radius 3 is 1.60 bits per heavy atom. The monoisotopic (exact) mass is 950 g/mol. The number of nitrogen functional groups attached to an aromatic ring is 1. The van der Waals surface area contributed by atoms with Gasteiger partial charge in [-0.05, 0) is 67.2 Å². The molecule has 20 nitrogen and oxygen atoms in total. The summed E-state index contributed by atoms with van der Waals surface area (Å²) in [4.78, 5) is 51.6. The van der Waals surface area contributed by atoms with Crippen molar-refractivity contribution in [1.82, 2.24) is 19.9 Å². The lowest BCUT2D eigenvalue weighted by atomic mass is 10.2. The molecule has 2 aromatic heterocycles. The van der Waals surface area contributed by atoms with E-state index < -0.39 is 58.5 Å². The third kappa shape index (κ3) is 13.0. The molecule has 2 aromatic rings. The van der Waals surface area contributed by atoms with E-state index in [9.17, 15) is 19.7 Å². The average Bonchev–Trinajstić information content (AvgIpc) is 3.89. The summed E-state index contributed by atoms with van der Waals surface area (Å²) in [5.41, 5.74) is 6.00. The molecule has 4 N–H and O–H groups in total. The van der Waals surface area contributed by atoms with Gasteiger partial charge in [-0.2, -0.15) is 4.98 Å². The zero-order valence-corrected chi connectivity index (χ0v) is 39.1. The highest BCUT2D eigenvalue weighted by atomic mass is 35.5. The predicted octanol–water partition coefficient (Wildman–Crippen LogP) is 6.06. The molecule has 0 bridgehead atoms. The van der Waals surface area contributed by atoms with Crippen LogP contribution in [0.25, 0.3) is 0 Å². The largest absolute Gasteiger partial charge is 0.464 e. The van der Waals surface area contributed by atoms with Crippen molar-refractivity contribution in [1.29, 1.82) is 0 Å². The molecule has 62 heavy (non-hydrogen) atoms. The number of halogens is 2. The number of nitrogens with one attached hydrogen (secondary N) is 2. The molecule has 4 fully saturated rings. The third-order valence-electron chi connectivity index (χ3n) is 9.66. The molecule has 0 amide bonds. The molecule has 2 unspecified atom stereocenters. The molecule has 4 heterocycles. The summed E-state index contributed by atoms with van der Waals surface area (Å²) >= 11 is 15.2. The number of thioether (sulfide) groups is 2. The topological polar surface area (TPSA) is 253 Å². The highest BCUT2D eigenvalue weighted by Gasteiger charge is 2.56. The van der Waals surface area contributed by atoms with Gasteiger partial charge in [-0.3, -0.25) is 10.1 Å². The van der Waals surface area contributed by atoms with Crippen molar-refractivity contribution in [3.05, 3.63) is 20.4 Å². The summed E-state index contributed by atoms with van der Waals surface area (Å²) in [6.45, 7) is 15.0. The number of rotatable bonds is 19. The van der Waals surface area contributed by atoms with Gasteiger partial charge in [0, 0.05) is 11.5 Å². The van der Waals surface area contributed by atoms with E-state index in [1.54, 1.807) is 27.7 Å². The first-order chi connectivity index (χ1) is 29.4. The van der Waals surface area contributed by atoms with E-state index in [1.165, 1.54) is 23.5 Å². The number of esters is 2. The molecule has 8 atom stereocenters. The van der Waals surface area contributed by atoms with Crippen LogP contribution in [0.15, 0.2) is 10.3 Å². The number of fused-ring (bicyclic) bond motifs is 2. The lowest BCUT2D eigenvalue weighted by molar-refractivity contribution is -0.384. The molecule has 0 aromatic carbocycles. The molecule has 0 radical (unpaired) electrons. The third-order valence-corrected chi connectivity index (χ3v) is 12.3. The van der Waals surface area contributed by atoms with Gasteiger partial charge in [0.1, 0.15) is 43.3 Å². The molecule has 346 valence electrons. The molecule has 2 aliphatic carbocycles.